The van der Waals surface area contributed by atoms with Crippen LogP contribution in [0.1, 0.15) is 23.2 Å². The van der Waals surface area contributed by atoms with Gasteiger partial charge in [-0.15, -0.1) is 0 Å². The summed E-state index contributed by atoms with van der Waals surface area (Å²) in [6.45, 7) is 0.866. The quantitative estimate of drug-likeness (QED) is 0.763. The molecule has 0 unspecified atom stereocenters. The van der Waals surface area contributed by atoms with Gasteiger partial charge in [-0.25, -0.2) is 17.5 Å². The van der Waals surface area contributed by atoms with E-state index in [1.54, 1.807) is 0 Å². The molecular formula is C18H18ClFN2O4S. The average molecular weight is 413 g/mol. The number of carbonyl (C=O) groups is 1. The molecule has 0 radical (unpaired) electrons. The minimum Gasteiger partial charge on any atom is -0.377 e. The van der Waals surface area contributed by atoms with E-state index in [1.165, 1.54) is 36.4 Å². The summed E-state index contributed by atoms with van der Waals surface area (Å²) in [7, 11) is -3.68. The second kappa shape index (κ2) is 8.35. The molecule has 9 heteroatoms. The molecule has 0 bridgehead atoms. The maximum atomic E-state index is 13.2. The van der Waals surface area contributed by atoms with Crippen LogP contribution in [0.25, 0.3) is 0 Å². The molecule has 6 nitrogen and oxygen atoms in total. The number of benzene rings is 2. The Morgan fingerprint density at radius 3 is 2.59 bits per heavy atom. The second-order valence-electron chi connectivity index (χ2n) is 6.09. The third kappa shape index (κ3) is 5.04. The Hall–Kier alpha value is -2.00. The summed E-state index contributed by atoms with van der Waals surface area (Å²) in [5.41, 5.74) is 0.592. The van der Waals surface area contributed by atoms with E-state index in [1.807, 2.05) is 0 Å². The van der Waals surface area contributed by atoms with E-state index in [4.69, 9.17) is 16.3 Å². The minimum atomic E-state index is -3.68. The zero-order chi connectivity index (χ0) is 19.4. The van der Waals surface area contributed by atoms with E-state index in [9.17, 15) is 17.6 Å². The van der Waals surface area contributed by atoms with Crippen molar-refractivity contribution in [1.29, 1.82) is 0 Å². The normalized spacial score (nSPS) is 17.0. The van der Waals surface area contributed by atoms with Gasteiger partial charge in [0.15, 0.2) is 0 Å². The third-order valence-corrected chi connectivity index (χ3v) is 5.86. The molecule has 1 fully saturated rings. The second-order valence-corrected chi connectivity index (χ2v) is 8.27. The van der Waals surface area contributed by atoms with Gasteiger partial charge in [0, 0.05) is 24.4 Å². The van der Waals surface area contributed by atoms with E-state index >= 15 is 0 Å². The predicted molar refractivity (Wildman–Crippen MR) is 100.0 cm³/mol. The fourth-order valence-corrected chi connectivity index (χ4v) is 3.90. The number of hydrogen-bond acceptors (Lipinski definition) is 4. The van der Waals surface area contributed by atoms with E-state index < -0.39 is 21.7 Å². The van der Waals surface area contributed by atoms with Crippen molar-refractivity contribution in [2.24, 2.45) is 0 Å². The van der Waals surface area contributed by atoms with Gasteiger partial charge in [-0.2, -0.15) is 0 Å². The molecule has 1 atom stereocenters. The number of amides is 1. The van der Waals surface area contributed by atoms with E-state index in [0.717, 1.165) is 18.9 Å². The fraction of sp³-hybridized carbons (Fsp3) is 0.278. The smallest absolute Gasteiger partial charge is 0.255 e. The molecule has 2 N–H and O–H groups in total. The Balaban J connectivity index is 1.64. The van der Waals surface area contributed by atoms with Crippen LogP contribution in [0.3, 0.4) is 0 Å². The maximum absolute atomic E-state index is 13.2. The van der Waals surface area contributed by atoms with Crippen molar-refractivity contribution in [3.63, 3.8) is 0 Å². The molecule has 1 amide bonds. The SMILES string of the molecule is O=C(Nc1ccc(F)c(Cl)c1)c1ccc(S(=O)(=O)NC[C@@H]2CCCO2)cc1. The molecule has 2 aromatic rings. The van der Waals surface area contributed by atoms with Crippen LogP contribution in [0.5, 0.6) is 0 Å². The molecule has 2 aromatic carbocycles. The fourth-order valence-electron chi connectivity index (χ4n) is 2.65. The molecule has 0 aliphatic carbocycles. The van der Waals surface area contributed by atoms with Gasteiger partial charge in [0.05, 0.1) is 16.0 Å². The van der Waals surface area contributed by atoms with Gasteiger partial charge in [0.25, 0.3) is 5.91 Å². The monoisotopic (exact) mass is 412 g/mol. The van der Waals surface area contributed by atoms with Gasteiger partial charge in [-0.3, -0.25) is 4.79 Å². The Kier molecular flexibility index (Phi) is 6.11. The van der Waals surface area contributed by atoms with Crippen molar-refractivity contribution >= 4 is 33.2 Å². The average Bonchev–Trinajstić information content (AvgIpc) is 3.17. The number of carbonyl (C=O) groups excluding carboxylic acids is 1. The Labute approximate surface area is 161 Å². The van der Waals surface area contributed by atoms with Crippen LogP contribution >= 0.6 is 11.6 Å². The molecule has 1 aliphatic rings. The summed E-state index contributed by atoms with van der Waals surface area (Å²) in [5.74, 6) is -1.05. The van der Waals surface area contributed by atoms with Crippen molar-refractivity contribution in [2.75, 3.05) is 18.5 Å². The number of nitrogens with one attached hydrogen (secondary N) is 2. The minimum absolute atomic E-state index is 0.0573. The summed E-state index contributed by atoms with van der Waals surface area (Å²) in [6, 6.07) is 9.33. The zero-order valence-corrected chi connectivity index (χ0v) is 15.8. The first-order valence-corrected chi connectivity index (χ1v) is 10.2. The molecule has 0 saturated carbocycles. The number of hydrogen-bond donors (Lipinski definition) is 2. The number of sulfonamides is 1. The number of anilines is 1. The Morgan fingerprint density at radius 1 is 1.22 bits per heavy atom. The highest BCUT2D eigenvalue weighted by atomic mass is 35.5. The lowest BCUT2D eigenvalue weighted by Gasteiger charge is -2.12. The summed E-state index contributed by atoms with van der Waals surface area (Å²) in [4.78, 5) is 12.3. The number of halogens is 2. The summed E-state index contributed by atoms with van der Waals surface area (Å²) in [5, 5.41) is 2.47. The van der Waals surface area contributed by atoms with Crippen LogP contribution in [0.15, 0.2) is 47.4 Å². The standard InChI is InChI=1S/C18H18ClFN2O4S/c19-16-10-13(5-8-17(16)20)22-18(23)12-3-6-15(7-4-12)27(24,25)21-11-14-2-1-9-26-14/h3-8,10,14,21H,1-2,9,11H2,(H,22,23)/t14-/m0/s1. The van der Waals surface area contributed by atoms with Crippen LogP contribution in [-0.2, 0) is 14.8 Å². The summed E-state index contributed by atoms with van der Waals surface area (Å²) >= 11 is 5.68. The first-order valence-electron chi connectivity index (χ1n) is 8.33. The van der Waals surface area contributed by atoms with Gasteiger partial charge in [0.1, 0.15) is 5.82 Å². The van der Waals surface area contributed by atoms with Gasteiger partial charge in [-0.1, -0.05) is 11.6 Å². The third-order valence-electron chi connectivity index (χ3n) is 4.13. The van der Waals surface area contributed by atoms with Gasteiger partial charge >= 0.3 is 0 Å². The zero-order valence-electron chi connectivity index (χ0n) is 14.2. The van der Waals surface area contributed by atoms with Crippen molar-refractivity contribution in [3.05, 3.63) is 58.9 Å². The van der Waals surface area contributed by atoms with Crippen LogP contribution in [0.2, 0.25) is 5.02 Å². The molecule has 27 heavy (non-hydrogen) atoms. The van der Waals surface area contributed by atoms with Crippen molar-refractivity contribution in [2.45, 2.75) is 23.8 Å². The van der Waals surface area contributed by atoms with Crippen LogP contribution < -0.4 is 10.0 Å². The lowest BCUT2D eigenvalue weighted by atomic mass is 10.2. The lowest BCUT2D eigenvalue weighted by Crippen LogP contribution is -2.31. The van der Waals surface area contributed by atoms with Crippen LogP contribution in [0.4, 0.5) is 10.1 Å². The van der Waals surface area contributed by atoms with Crippen LogP contribution in [0, 0.1) is 5.82 Å². The van der Waals surface area contributed by atoms with E-state index in [-0.39, 0.29) is 28.1 Å². The van der Waals surface area contributed by atoms with Crippen molar-refractivity contribution in [1.82, 2.24) is 4.72 Å². The Bertz CT molecular complexity index is 929. The van der Waals surface area contributed by atoms with Gasteiger partial charge < -0.3 is 10.1 Å². The van der Waals surface area contributed by atoms with Gasteiger partial charge in [-0.05, 0) is 55.3 Å². The van der Waals surface area contributed by atoms with E-state index in [2.05, 4.69) is 10.0 Å². The largest absolute Gasteiger partial charge is 0.377 e. The highest BCUT2D eigenvalue weighted by Gasteiger charge is 2.20. The van der Waals surface area contributed by atoms with E-state index in [0.29, 0.717) is 12.3 Å². The molecule has 0 spiro atoms. The molecule has 3 rings (SSSR count). The molecule has 1 heterocycles. The summed E-state index contributed by atoms with van der Waals surface area (Å²) in [6.07, 6.45) is 1.65. The highest BCUT2D eigenvalue weighted by Crippen LogP contribution is 2.20. The highest BCUT2D eigenvalue weighted by molar-refractivity contribution is 7.89. The number of rotatable bonds is 6. The first kappa shape index (κ1) is 19.8. The number of ether oxygens (including phenoxy) is 1. The first-order chi connectivity index (χ1) is 12.8. The van der Waals surface area contributed by atoms with Gasteiger partial charge in [0.2, 0.25) is 10.0 Å². The molecule has 1 aliphatic heterocycles. The topological polar surface area (TPSA) is 84.5 Å². The van der Waals surface area contributed by atoms with Crippen molar-refractivity contribution < 1.29 is 22.3 Å². The lowest BCUT2D eigenvalue weighted by molar-refractivity contribution is 0.102. The predicted octanol–water partition coefficient (Wildman–Crippen LogP) is 3.19. The van der Waals surface area contributed by atoms with Crippen molar-refractivity contribution in [3.8, 4) is 0 Å². The molecule has 144 valence electrons. The molecule has 0 aromatic heterocycles. The molecular weight excluding hydrogens is 395 g/mol. The molecule has 1 saturated heterocycles. The summed E-state index contributed by atoms with van der Waals surface area (Å²) < 4.78 is 45.7. The van der Waals surface area contributed by atoms with Crippen LogP contribution in [-0.4, -0.2) is 33.6 Å². The Morgan fingerprint density at radius 2 is 1.96 bits per heavy atom. The maximum Gasteiger partial charge on any atom is 0.255 e.